The zero-order chi connectivity index (χ0) is 34.3. The molecule has 0 aliphatic carbocycles. The van der Waals surface area contributed by atoms with Gasteiger partial charge in [-0.1, -0.05) is 109 Å². The van der Waals surface area contributed by atoms with Crippen molar-refractivity contribution in [3.05, 3.63) is 145 Å². The van der Waals surface area contributed by atoms with Gasteiger partial charge in [-0.05, 0) is 53.5 Å². The number of rotatable bonds is 2. The predicted octanol–water partition coefficient (Wildman–Crippen LogP) is 11.0. The Hall–Kier alpha value is -6.26. The quantitative estimate of drug-likeness (QED) is 0.185. The van der Waals surface area contributed by atoms with Crippen LogP contribution < -0.4 is 0 Å². The summed E-state index contributed by atoms with van der Waals surface area (Å²) in [4.78, 5) is 10.7. The van der Waals surface area contributed by atoms with Crippen LogP contribution in [0.25, 0.3) is 98.8 Å². The predicted molar refractivity (Wildman–Crippen MR) is 196 cm³/mol. The highest BCUT2D eigenvalue weighted by Gasteiger charge is 2.25. The average Bonchev–Trinajstić information content (AvgIpc) is 3.66. The molecular weight excluding hydrogens is 573 g/mol. The first-order valence-electron chi connectivity index (χ1n) is 17.8. The second kappa shape index (κ2) is 8.93. The number of aromatic nitrogens is 4. The summed E-state index contributed by atoms with van der Waals surface area (Å²) in [7, 11) is 0. The summed E-state index contributed by atoms with van der Waals surface area (Å²) in [6, 6.07) is 38.8. The Kier molecular flexibility index (Phi) is 4.08. The molecule has 11 aromatic rings. The molecular formula is C43H26N4. The summed E-state index contributed by atoms with van der Waals surface area (Å²) >= 11 is 0. The van der Waals surface area contributed by atoms with E-state index >= 15 is 0 Å². The zero-order valence-corrected chi connectivity index (χ0v) is 25.3. The minimum atomic E-state index is 0.0296. The van der Waals surface area contributed by atoms with Crippen LogP contribution in [-0.4, -0.2) is 18.9 Å². The maximum atomic E-state index is 9.73. The van der Waals surface area contributed by atoms with E-state index in [2.05, 4.69) is 40.8 Å². The van der Waals surface area contributed by atoms with Crippen LogP contribution in [0.15, 0.2) is 139 Å². The molecule has 0 radical (unpaired) electrons. The van der Waals surface area contributed by atoms with Crippen molar-refractivity contribution in [1.82, 2.24) is 18.9 Å². The molecule has 0 amide bonds. The number of para-hydroxylation sites is 2. The van der Waals surface area contributed by atoms with Crippen LogP contribution in [0.3, 0.4) is 0 Å². The molecule has 4 heteroatoms. The van der Waals surface area contributed by atoms with Crippen LogP contribution in [0.5, 0.6) is 0 Å². The van der Waals surface area contributed by atoms with Crippen LogP contribution in [-0.2, 0) is 0 Å². The molecule has 218 valence electrons. The van der Waals surface area contributed by atoms with Gasteiger partial charge in [0, 0.05) is 37.9 Å². The van der Waals surface area contributed by atoms with E-state index in [0.29, 0.717) is 44.5 Å². The van der Waals surface area contributed by atoms with E-state index in [1.54, 1.807) is 6.07 Å². The van der Waals surface area contributed by atoms with Gasteiger partial charge in [-0.15, -0.1) is 0 Å². The standard InChI is InChI=1S/C43H26N4/c1-25-23-36-39-37(24-25)47(43-40(27-12-3-2-4-13-27)44-33-22-21-26-11-5-6-14-28(26)41(33)45-43)35-20-10-16-30(38(35)39)32-18-9-17-31-29-15-7-8-19-34(29)46(36)42(31)32/h2-24H,1H3/i10D,20D,23D,24D. The average molecular weight is 603 g/mol. The Bertz CT molecular complexity index is 3310. The molecule has 7 aromatic carbocycles. The van der Waals surface area contributed by atoms with Gasteiger partial charge in [-0.2, -0.15) is 0 Å². The van der Waals surface area contributed by atoms with Crippen LogP contribution in [0, 0.1) is 6.92 Å². The molecule has 0 aliphatic rings. The van der Waals surface area contributed by atoms with Crippen molar-refractivity contribution in [2.75, 3.05) is 0 Å². The molecule has 4 nitrogen and oxygen atoms in total. The Morgan fingerprint density at radius 2 is 1.32 bits per heavy atom. The van der Waals surface area contributed by atoms with Crippen molar-refractivity contribution in [2.24, 2.45) is 0 Å². The van der Waals surface area contributed by atoms with Gasteiger partial charge in [0.05, 0.1) is 44.1 Å². The summed E-state index contributed by atoms with van der Waals surface area (Å²) < 4.78 is 42.2. The third-order valence-corrected chi connectivity index (χ3v) is 9.70. The van der Waals surface area contributed by atoms with E-state index in [9.17, 15) is 5.48 Å². The van der Waals surface area contributed by atoms with Crippen molar-refractivity contribution >= 4 is 81.7 Å². The Labute approximate surface area is 274 Å². The number of nitrogens with zero attached hydrogens (tertiary/aromatic N) is 4. The Morgan fingerprint density at radius 3 is 2.21 bits per heavy atom. The van der Waals surface area contributed by atoms with Crippen LogP contribution >= 0.6 is 0 Å². The minimum Gasteiger partial charge on any atom is -0.308 e. The number of benzene rings is 7. The molecule has 0 atom stereocenters. The summed E-state index contributed by atoms with van der Waals surface area (Å²) in [6.45, 7) is 1.83. The molecule has 4 aromatic heterocycles. The summed E-state index contributed by atoms with van der Waals surface area (Å²) in [5.41, 5.74) is 7.00. The van der Waals surface area contributed by atoms with Crippen LogP contribution in [0.2, 0.25) is 0 Å². The first kappa shape index (κ1) is 21.5. The highest BCUT2D eigenvalue weighted by molar-refractivity contribution is 6.31. The summed E-state index contributed by atoms with van der Waals surface area (Å²) in [5, 5.41) is 7.25. The monoisotopic (exact) mass is 602 g/mol. The first-order valence-corrected chi connectivity index (χ1v) is 15.8. The van der Waals surface area contributed by atoms with Crippen molar-refractivity contribution < 1.29 is 5.48 Å². The van der Waals surface area contributed by atoms with E-state index in [-0.39, 0.29) is 24.2 Å². The van der Waals surface area contributed by atoms with Crippen molar-refractivity contribution in [1.29, 1.82) is 0 Å². The van der Waals surface area contributed by atoms with E-state index < -0.39 is 0 Å². The maximum absolute atomic E-state index is 9.73. The molecule has 47 heavy (non-hydrogen) atoms. The van der Waals surface area contributed by atoms with Gasteiger partial charge in [0.2, 0.25) is 0 Å². The molecule has 0 aliphatic heterocycles. The highest BCUT2D eigenvalue weighted by atomic mass is 15.1. The van der Waals surface area contributed by atoms with E-state index in [4.69, 9.17) is 9.97 Å². The second-order valence-corrected chi connectivity index (χ2v) is 12.3. The van der Waals surface area contributed by atoms with Crippen molar-refractivity contribution in [2.45, 2.75) is 6.92 Å². The minimum absolute atomic E-state index is 0.0296. The summed E-state index contributed by atoms with van der Waals surface area (Å²) in [5.74, 6) is 0.475. The smallest absolute Gasteiger partial charge is 0.165 e. The third-order valence-electron chi connectivity index (χ3n) is 9.70. The molecule has 0 saturated carbocycles. The summed E-state index contributed by atoms with van der Waals surface area (Å²) in [6.07, 6.45) is 0. The topological polar surface area (TPSA) is 35.1 Å². The Morgan fingerprint density at radius 1 is 0.574 bits per heavy atom. The van der Waals surface area contributed by atoms with Gasteiger partial charge in [-0.25, -0.2) is 9.97 Å². The fraction of sp³-hybridized carbons (Fsp3) is 0.0233. The molecule has 4 heterocycles. The van der Waals surface area contributed by atoms with Gasteiger partial charge in [0.15, 0.2) is 5.82 Å². The maximum Gasteiger partial charge on any atom is 0.165 e. The molecule has 0 unspecified atom stereocenters. The van der Waals surface area contributed by atoms with E-state index in [1.807, 2.05) is 84.3 Å². The van der Waals surface area contributed by atoms with Crippen molar-refractivity contribution in [3.8, 4) is 17.1 Å². The molecule has 0 bridgehead atoms. The van der Waals surface area contributed by atoms with Crippen LogP contribution in [0.1, 0.15) is 11.0 Å². The second-order valence-electron chi connectivity index (χ2n) is 12.3. The van der Waals surface area contributed by atoms with Crippen molar-refractivity contribution in [3.63, 3.8) is 0 Å². The SMILES string of the molecule is [2H]c1cc2c3cccc4c5ccccc5n(c5c([2H])c(C)c([2H])c6c5c2c(c1[2H])n6-c1nc2c(ccc5ccccc52)nc1-c1ccccc1)c34. The van der Waals surface area contributed by atoms with Gasteiger partial charge in [0.25, 0.3) is 0 Å². The molecule has 0 saturated heterocycles. The normalized spacial score (nSPS) is 13.6. The Balaban J connectivity index is 1.48. The number of hydrogen-bond donors (Lipinski definition) is 0. The molecule has 11 rings (SSSR count). The molecule has 0 fully saturated rings. The third kappa shape index (κ3) is 3.21. The lowest BCUT2D eigenvalue weighted by Gasteiger charge is -2.15. The molecule has 0 N–H and O–H groups in total. The number of hydrogen-bond acceptors (Lipinski definition) is 2. The lowest BCUT2D eigenvalue weighted by atomic mass is 10.0. The lowest BCUT2D eigenvalue weighted by Crippen LogP contribution is -2.04. The number of fused-ring (bicyclic) bond motifs is 8. The lowest BCUT2D eigenvalue weighted by molar-refractivity contribution is 1.08. The van der Waals surface area contributed by atoms with Gasteiger partial charge >= 0.3 is 0 Å². The fourth-order valence-electron chi connectivity index (χ4n) is 7.79. The fourth-order valence-corrected chi connectivity index (χ4v) is 7.79. The van der Waals surface area contributed by atoms with Crippen LogP contribution in [0.4, 0.5) is 0 Å². The first-order chi connectivity index (χ1) is 24.9. The molecule has 0 spiro atoms. The van der Waals surface area contributed by atoms with E-state index in [1.165, 1.54) is 0 Å². The highest BCUT2D eigenvalue weighted by Crippen LogP contribution is 2.45. The largest absolute Gasteiger partial charge is 0.308 e. The van der Waals surface area contributed by atoms with Gasteiger partial charge < -0.3 is 4.40 Å². The zero-order valence-electron chi connectivity index (χ0n) is 29.3. The van der Waals surface area contributed by atoms with Gasteiger partial charge in [-0.3, -0.25) is 4.57 Å². The van der Waals surface area contributed by atoms with Gasteiger partial charge in [0.1, 0.15) is 5.69 Å². The van der Waals surface area contributed by atoms with E-state index in [0.717, 1.165) is 59.8 Å².